The average Bonchev–Trinajstić information content (AvgIpc) is 3.08. The van der Waals surface area contributed by atoms with Gasteiger partial charge in [0.1, 0.15) is 5.82 Å². The predicted octanol–water partition coefficient (Wildman–Crippen LogP) is 4.05. The number of rotatable bonds is 6. The number of nitrogens with one attached hydrogen (secondary N) is 3. The van der Waals surface area contributed by atoms with Crippen LogP contribution in [-0.4, -0.2) is 21.8 Å². The summed E-state index contributed by atoms with van der Waals surface area (Å²) >= 11 is 0. The Bertz CT molecular complexity index is 970. The lowest BCUT2D eigenvalue weighted by molar-refractivity contribution is -0.117. The van der Waals surface area contributed by atoms with Gasteiger partial charge in [-0.2, -0.15) is 0 Å². The van der Waals surface area contributed by atoms with E-state index in [1.54, 1.807) is 18.2 Å². The van der Waals surface area contributed by atoms with Gasteiger partial charge in [-0.3, -0.25) is 9.59 Å². The van der Waals surface area contributed by atoms with Gasteiger partial charge in [0.05, 0.1) is 17.1 Å². The number of nitrogens with zero attached hydrogens (tertiary/aromatic N) is 1. The molecule has 0 spiro atoms. The zero-order chi connectivity index (χ0) is 20.1. The molecule has 6 nitrogen and oxygen atoms in total. The molecule has 0 fully saturated rings. The third-order valence-corrected chi connectivity index (χ3v) is 4.32. The highest BCUT2D eigenvalue weighted by atomic mass is 16.2. The minimum Gasteiger partial charge on any atom is -0.342 e. The van der Waals surface area contributed by atoms with Crippen LogP contribution in [0.15, 0.2) is 54.6 Å². The van der Waals surface area contributed by atoms with Crippen molar-refractivity contribution in [2.75, 3.05) is 5.32 Å². The van der Waals surface area contributed by atoms with E-state index in [1.165, 1.54) is 13.0 Å². The fourth-order valence-electron chi connectivity index (χ4n) is 2.92. The largest absolute Gasteiger partial charge is 0.342 e. The van der Waals surface area contributed by atoms with Gasteiger partial charge in [-0.1, -0.05) is 38.1 Å². The van der Waals surface area contributed by atoms with Crippen molar-refractivity contribution >= 4 is 34.6 Å². The average molecular weight is 376 g/mol. The van der Waals surface area contributed by atoms with Crippen molar-refractivity contribution in [1.29, 1.82) is 0 Å². The number of amides is 2. The molecule has 144 valence electrons. The van der Waals surface area contributed by atoms with Crippen LogP contribution in [-0.2, 0) is 9.59 Å². The molecule has 0 radical (unpaired) electrons. The first-order chi connectivity index (χ1) is 13.4. The smallest absolute Gasteiger partial charge is 0.244 e. The monoisotopic (exact) mass is 376 g/mol. The first kappa shape index (κ1) is 19.4. The third kappa shape index (κ3) is 4.85. The van der Waals surface area contributed by atoms with Gasteiger partial charge in [0.25, 0.3) is 0 Å². The molecule has 0 saturated carbocycles. The first-order valence-corrected chi connectivity index (χ1v) is 9.23. The molecule has 6 heteroatoms. The lowest BCUT2D eigenvalue weighted by atomic mass is 10.0. The van der Waals surface area contributed by atoms with Crippen LogP contribution in [0, 0.1) is 5.92 Å². The van der Waals surface area contributed by atoms with Crippen molar-refractivity contribution in [2.24, 2.45) is 5.92 Å². The second-order valence-corrected chi connectivity index (χ2v) is 7.01. The maximum absolute atomic E-state index is 12.4. The molecule has 0 unspecified atom stereocenters. The topological polar surface area (TPSA) is 86.9 Å². The van der Waals surface area contributed by atoms with Crippen LogP contribution in [0.1, 0.15) is 38.2 Å². The maximum Gasteiger partial charge on any atom is 0.244 e. The van der Waals surface area contributed by atoms with Crippen LogP contribution < -0.4 is 10.6 Å². The van der Waals surface area contributed by atoms with E-state index < -0.39 is 0 Å². The second kappa shape index (κ2) is 8.52. The molecule has 0 aliphatic rings. The van der Waals surface area contributed by atoms with Crippen LogP contribution in [0.2, 0.25) is 0 Å². The van der Waals surface area contributed by atoms with Gasteiger partial charge in [0.15, 0.2) is 0 Å². The quantitative estimate of drug-likeness (QED) is 0.567. The van der Waals surface area contributed by atoms with Gasteiger partial charge in [-0.15, -0.1) is 0 Å². The lowest BCUT2D eigenvalue weighted by Crippen LogP contribution is -2.31. The minimum absolute atomic E-state index is 0.118. The molecule has 1 aromatic heterocycles. The Morgan fingerprint density at radius 2 is 1.79 bits per heavy atom. The summed E-state index contributed by atoms with van der Waals surface area (Å²) in [4.78, 5) is 31.4. The molecule has 28 heavy (non-hydrogen) atoms. The van der Waals surface area contributed by atoms with Crippen molar-refractivity contribution in [2.45, 2.75) is 26.8 Å². The molecule has 1 atom stereocenters. The van der Waals surface area contributed by atoms with E-state index in [0.717, 1.165) is 28.1 Å². The van der Waals surface area contributed by atoms with Crippen LogP contribution in [0.5, 0.6) is 0 Å². The van der Waals surface area contributed by atoms with Crippen molar-refractivity contribution in [3.8, 4) is 0 Å². The minimum atomic E-state index is -0.216. The number of benzene rings is 2. The fourth-order valence-corrected chi connectivity index (χ4v) is 2.92. The van der Waals surface area contributed by atoms with Crippen LogP contribution >= 0.6 is 0 Å². The fraction of sp³-hybridized carbons (Fsp3) is 0.227. The summed E-state index contributed by atoms with van der Waals surface area (Å²) in [7, 11) is 0. The highest BCUT2D eigenvalue weighted by Crippen LogP contribution is 2.22. The van der Waals surface area contributed by atoms with Gasteiger partial charge >= 0.3 is 0 Å². The zero-order valence-corrected chi connectivity index (χ0v) is 16.2. The van der Waals surface area contributed by atoms with Gasteiger partial charge < -0.3 is 15.6 Å². The molecule has 2 amide bonds. The number of para-hydroxylation sites is 2. The molecule has 1 heterocycles. The van der Waals surface area contributed by atoms with Crippen molar-refractivity contribution in [3.63, 3.8) is 0 Å². The van der Waals surface area contributed by atoms with Crippen molar-refractivity contribution in [1.82, 2.24) is 15.3 Å². The van der Waals surface area contributed by atoms with Crippen LogP contribution in [0.25, 0.3) is 17.1 Å². The van der Waals surface area contributed by atoms with Crippen molar-refractivity contribution in [3.05, 3.63) is 66.0 Å². The lowest BCUT2D eigenvalue weighted by Gasteiger charge is -2.19. The first-order valence-electron chi connectivity index (χ1n) is 9.23. The molecule has 0 saturated heterocycles. The van der Waals surface area contributed by atoms with E-state index in [0.29, 0.717) is 0 Å². The molecule has 3 rings (SSSR count). The van der Waals surface area contributed by atoms with E-state index in [4.69, 9.17) is 0 Å². The summed E-state index contributed by atoms with van der Waals surface area (Å²) in [6.07, 6.45) is 3.24. The SMILES string of the molecule is CC(=O)Nc1ccc(/C=C/C(=O)N[C@H](c2nc3ccccc3[nH]2)C(C)C)cc1. The van der Waals surface area contributed by atoms with Gasteiger partial charge in [-0.25, -0.2) is 4.98 Å². The number of imidazole rings is 1. The van der Waals surface area contributed by atoms with Gasteiger partial charge in [0.2, 0.25) is 11.8 Å². The van der Waals surface area contributed by atoms with Crippen LogP contribution in [0.3, 0.4) is 0 Å². The van der Waals surface area contributed by atoms with Gasteiger partial charge in [-0.05, 0) is 41.8 Å². The second-order valence-electron chi connectivity index (χ2n) is 7.01. The predicted molar refractivity (Wildman–Crippen MR) is 112 cm³/mol. The zero-order valence-electron chi connectivity index (χ0n) is 16.2. The molecule has 0 aliphatic carbocycles. The molecular weight excluding hydrogens is 352 g/mol. The summed E-state index contributed by atoms with van der Waals surface area (Å²) in [5.74, 6) is 0.616. The maximum atomic E-state index is 12.4. The summed E-state index contributed by atoms with van der Waals surface area (Å²) in [6, 6.07) is 14.9. The molecule has 0 aliphatic heterocycles. The van der Waals surface area contributed by atoms with Crippen LogP contribution in [0.4, 0.5) is 5.69 Å². The number of aromatic amines is 1. The summed E-state index contributed by atoms with van der Waals surface area (Å²) < 4.78 is 0. The van der Waals surface area contributed by atoms with E-state index in [9.17, 15) is 9.59 Å². The van der Waals surface area contributed by atoms with E-state index in [2.05, 4.69) is 20.6 Å². The number of anilines is 1. The number of aromatic nitrogens is 2. The number of carbonyl (C=O) groups excluding carboxylic acids is 2. The normalized spacial score (nSPS) is 12.4. The number of H-pyrrole nitrogens is 1. The van der Waals surface area contributed by atoms with E-state index in [1.807, 2.05) is 50.2 Å². The third-order valence-electron chi connectivity index (χ3n) is 4.32. The van der Waals surface area contributed by atoms with Crippen molar-refractivity contribution < 1.29 is 9.59 Å². The number of hydrogen-bond acceptors (Lipinski definition) is 3. The summed E-state index contributed by atoms with van der Waals surface area (Å²) in [5, 5.41) is 5.74. The number of fused-ring (bicyclic) bond motifs is 1. The number of carbonyl (C=O) groups is 2. The summed E-state index contributed by atoms with van der Waals surface area (Å²) in [5.41, 5.74) is 3.42. The Kier molecular flexibility index (Phi) is 5.89. The van der Waals surface area contributed by atoms with Gasteiger partial charge in [0, 0.05) is 18.7 Å². The van der Waals surface area contributed by atoms with E-state index in [-0.39, 0.29) is 23.8 Å². The Labute approximate surface area is 164 Å². The molecule has 3 N–H and O–H groups in total. The standard InChI is InChI=1S/C22H24N4O2/c1-14(2)21(22-24-18-6-4-5-7-19(18)25-22)26-20(28)13-10-16-8-11-17(12-9-16)23-15(3)27/h4-14,21H,1-3H3,(H,23,27)(H,24,25)(H,26,28)/b13-10+/t21-/m0/s1. The molecule has 0 bridgehead atoms. The number of hydrogen-bond donors (Lipinski definition) is 3. The Balaban J connectivity index is 1.68. The molecular formula is C22H24N4O2. The highest BCUT2D eigenvalue weighted by Gasteiger charge is 2.20. The molecule has 2 aromatic carbocycles. The summed E-state index contributed by atoms with van der Waals surface area (Å²) in [6.45, 7) is 5.55. The highest BCUT2D eigenvalue weighted by molar-refractivity contribution is 5.92. The van der Waals surface area contributed by atoms with E-state index >= 15 is 0 Å². The Morgan fingerprint density at radius 1 is 1.07 bits per heavy atom. The Morgan fingerprint density at radius 3 is 2.43 bits per heavy atom. The molecule has 3 aromatic rings. The Hall–Kier alpha value is -3.41.